The number of nitrogens with zero attached hydrogens (tertiary/aromatic N) is 6. The molecule has 2 aromatic carbocycles. The van der Waals surface area contributed by atoms with Crippen LogP contribution in [0.1, 0.15) is 24.0 Å². The van der Waals surface area contributed by atoms with E-state index >= 15 is 0 Å². The van der Waals surface area contributed by atoms with Gasteiger partial charge in [0, 0.05) is 29.1 Å². The van der Waals surface area contributed by atoms with Gasteiger partial charge >= 0.3 is 0 Å². The second-order valence-electron chi connectivity index (χ2n) is 7.91. The van der Waals surface area contributed by atoms with Crippen LogP contribution in [0.2, 0.25) is 0 Å². The van der Waals surface area contributed by atoms with Gasteiger partial charge in [0.25, 0.3) is 0 Å². The number of aromatic nitrogens is 6. The van der Waals surface area contributed by atoms with Crippen molar-refractivity contribution >= 4 is 60.4 Å². The predicted molar refractivity (Wildman–Crippen MR) is 155 cm³/mol. The zero-order chi connectivity index (χ0) is 26.2. The molecule has 14 heteroatoms. The molecule has 0 saturated heterocycles. The Morgan fingerprint density at radius 2 is 1.16 bits per heavy atom. The topological polar surface area (TPSA) is 110 Å². The molecule has 0 unspecified atom stereocenters. The van der Waals surface area contributed by atoms with E-state index in [-0.39, 0.29) is 0 Å². The predicted octanol–water partition coefficient (Wildman–Crippen LogP) is 5.39. The third kappa shape index (κ3) is 6.62. The minimum absolute atomic E-state index is 0.428. The number of ether oxygens (including phenoxy) is 2. The van der Waals surface area contributed by atoms with Crippen LogP contribution in [-0.4, -0.2) is 66.9 Å². The minimum Gasteiger partial charge on any atom is -0.493 e. The number of benzene rings is 2. The first-order valence-electron chi connectivity index (χ1n) is 11.8. The standard InChI is InChI=1S/C24H24N8O2S4/c35-21-27-29-23-31(21)25-15-17-7-1-3-9-19(17)33-11-5-12-34-20-10-4-2-8-18(20)16-26-32-22(36)28-30-24(32)38-14-6-13-37-23/h1-4,7-10,15-16H,5-6,11-14H2,(H,27,35)(H,28,36)/b25-15+,26-16+. The molecule has 0 bridgehead atoms. The van der Waals surface area contributed by atoms with Gasteiger partial charge in [-0.3, -0.25) is 0 Å². The van der Waals surface area contributed by atoms with Gasteiger partial charge < -0.3 is 9.47 Å². The number of nitrogens with one attached hydrogen (secondary N) is 2. The van der Waals surface area contributed by atoms with Crippen LogP contribution >= 0.6 is 48.0 Å². The third-order valence-electron chi connectivity index (χ3n) is 5.26. The molecule has 0 radical (unpaired) electrons. The van der Waals surface area contributed by atoms with Crippen LogP contribution in [0.4, 0.5) is 0 Å². The third-order valence-corrected chi connectivity index (χ3v) is 7.82. The van der Waals surface area contributed by atoms with Gasteiger partial charge in [-0.1, -0.05) is 47.8 Å². The summed E-state index contributed by atoms with van der Waals surface area (Å²) < 4.78 is 16.2. The zero-order valence-corrected chi connectivity index (χ0v) is 23.4. The number of hydrogen-bond acceptors (Lipinski definition) is 10. The van der Waals surface area contributed by atoms with Gasteiger partial charge in [-0.15, -0.1) is 10.2 Å². The Labute approximate surface area is 237 Å². The van der Waals surface area contributed by atoms with Gasteiger partial charge in [0.1, 0.15) is 11.5 Å². The summed E-state index contributed by atoms with van der Waals surface area (Å²) in [6, 6.07) is 15.5. The second-order valence-corrected chi connectivity index (χ2v) is 10.8. The van der Waals surface area contributed by atoms with E-state index in [1.165, 1.54) is 0 Å². The highest BCUT2D eigenvalue weighted by atomic mass is 32.2. The largest absolute Gasteiger partial charge is 0.493 e. The molecule has 0 atom stereocenters. The Morgan fingerprint density at radius 1 is 0.684 bits per heavy atom. The Bertz CT molecular complexity index is 1440. The van der Waals surface area contributed by atoms with Crippen molar-refractivity contribution in [2.24, 2.45) is 10.2 Å². The van der Waals surface area contributed by atoms with E-state index in [1.54, 1.807) is 45.3 Å². The molecule has 5 rings (SSSR count). The van der Waals surface area contributed by atoms with Crippen molar-refractivity contribution in [2.75, 3.05) is 24.7 Å². The fraction of sp³-hybridized carbons (Fsp3) is 0.250. The Hall–Kier alpha value is -3.20. The first kappa shape index (κ1) is 26.4. The lowest BCUT2D eigenvalue weighted by Crippen LogP contribution is -2.07. The van der Waals surface area contributed by atoms with Crippen molar-refractivity contribution in [3.05, 3.63) is 69.2 Å². The first-order chi connectivity index (χ1) is 18.7. The van der Waals surface area contributed by atoms with Gasteiger partial charge in [0.15, 0.2) is 0 Å². The lowest BCUT2D eigenvalue weighted by atomic mass is 10.2. The van der Waals surface area contributed by atoms with E-state index in [4.69, 9.17) is 33.9 Å². The lowest BCUT2D eigenvalue weighted by Gasteiger charge is -2.11. The van der Waals surface area contributed by atoms with Gasteiger partial charge in [0.2, 0.25) is 19.9 Å². The number of para-hydroxylation sites is 2. The summed E-state index contributed by atoms with van der Waals surface area (Å²) in [6.07, 6.45) is 5.07. The number of hydrogen-bond donors (Lipinski definition) is 2. The summed E-state index contributed by atoms with van der Waals surface area (Å²) in [4.78, 5) is 0. The normalized spacial score (nSPS) is 16.6. The molecular formula is C24H24N8O2S4. The maximum atomic E-state index is 6.04. The molecule has 0 saturated carbocycles. The van der Waals surface area contributed by atoms with E-state index in [0.29, 0.717) is 39.5 Å². The van der Waals surface area contributed by atoms with Crippen LogP contribution in [0.25, 0.3) is 0 Å². The van der Waals surface area contributed by atoms with Crippen LogP contribution in [0.5, 0.6) is 11.5 Å². The fourth-order valence-electron chi connectivity index (χ4n) is 3.43. The van der Waals surface area contributed by atoms with Crippen molar-refractivity contribution < 1.29 is 9.47 Å². The molecule has 2 aromatic heterocycles. The summed E-state index contributed by atoms with van der Waals surface area (Å²) in [5.41, 5.74) is 1.70. The highest BCUT2D eigenvalue weighted by molar-refractivity contribution is 8.00. The molecule has 4 aromatic rings. The molecule has 0 aliphatic carbocycles. The Morgan fingerprint density at radius 3 is 1.66 bits per heavy atom. The average molecular weight is 585 g/mol. The quantitative estimate of drug-likeness (QED) is 0.265. The van der Waals surface area contributed by atoms with Crippen molar-refractivity contribution in [2.45, 2.75) is 23.2 Å². The molecule has 1 aliphatic rings. The first-order valence-corrected chi connectivity index (χ1v) is 14.6. The van der Waals surface area contributed by atoms with Crippen molar-refractivity contribution in [3.8, 4) is 11.5 Å². The van der Waals surface area contributed by atoms with E-state index in [9.17, 15) is 0 Å². The summed E-state index contributed by atoms with van der Waals surface area (Å²) in [5.74, 6) is 3.11. The molecule has 10 nitrogen and oxygen atoms in total. The van der Waals surface area contributed by atoms with E-state index < -0.39 is 0 Å². The van der Waals surface area contributed by atoms with E-state index in [1.807, 2.05) is 48.5 Å². The zero-order valence-electron chi connectivity index (χ0n) is 20.1. The fourth-order valence-corrected chi connectivity index (χ4v) is 5.77. The summed E-state index contributed by atoms with van der Waals surface area (Å²) in [5, 5.41) is 24.9. The SMILES string of the molecule is S=c1[nH]nc2n1/N=C/c1ccccc1OCCCOc1ccccc1/C=N/n1c(n[nH]c1=S)SCCCS2. The molecule has 0 fully saturated rings. The molecule has 1 aliphatic heterocycles. The molecule has 0 spiro atoms. The molecule has 3 heterocycles. The lowest BCUT2D eigenvalue weighted by molar-refractivity contribution is 0.247. The van der Waals surface area contributed by atoms with Crippen LogP contribution in [0, 0.1) is 9.54 Å². The Kier molecular flexibility index (Phi) is 9.06. The maximum absolute atomic E-state index is 6.04. The van der Waals surface area contributed by atoms with Crippen LogP contribution < -0.4 is 9.47 Å². The summed E-state index contributed by atoms with van der Waals surface area (Å²) in [7, 11) is 0. The molecule has 2 N–H and O–H groups in total. The van der Waals surface area contributed by atoms with Crippen LogP contribution in [0.15, 0.2) is 69.0 Å². The van der Waals surface area contributed by atoms with Gasteiger partial charge in [-0.2, -0.15) is 19.6 Å². The number of rotatable bonds is 0. The average Bonchev–Trinajstić information content (AvgIpc) is 3.47. The summed E-state index contributed by atoms with van der Waals surface area (Å²) >= 11 is 13.9. The maximum Gasteiger partial charge on any atom is 0.217 e. The number of H-pyrrole nitrogens is 2. The molecule has 0 amide bonds. The number of aromatic amines is 2. The summed E-state index contributed by atoms with van der Waals surface area (Å²) in [6.45, 7) is 0.968. The van der Waals surface area contributed by atoms with Gasteiger partial charge in [0.05, 0.1) is 25.6 Å². The number of thioether (sulfide) groups is 2. The van der Waals surface area contributed by atoms with Crippen molar-refractivity contribution in [1.82, 2.24) is 29.7 Å². The van der Waals surface area contributed by atoms with Crippen LogP contribution in [0.3, 0.4) is 0 Å². The Balaban J connectivity index is 1.39. The number of fused-ring (bicyclic) bond motifs is 4. The van der Waals surface area contributed by atoms with Gasteiger partial charge in [-0.05, 0) is 55.1 Å². The van der Waals surface area contributed by atoms with E-state index in [2.05, 4.69) is 30.6 Å². The molecule has 38 heavy (non-hydrogen) atoms. The highest BCUT2D eigenvalue weighted by Crippen LogP contribution is 2.23. The van der Waals surface area contributed by atoms with Crippen molar-refractivity contribution in [3.63, 3.8) is 0 Å². The smallest absolute Gasteiger partial charge is 0.217 e. The van der Waals surface area contributed by atoms with Crippen molar-refractivity contribution in [1.29, 1.82) is 0 Å². The second kappa shape index (κ2) is 13.0. The molecular weight excluding hydrogens is 561 g/mol. The minimum atomic E-state index is 0.428. The highest BCUT2D eigenvalue weighted by Gasteiger charge is 2.10. The monoisotopic (exact) mass is 584 g/mol. The van der Waals surface area contributed by atoms with Crippen LogP contribution in [-0.2, 0) is 0 Å². The van der Waals surface area contributed by atoms with Gasteiger partial charge in [-0.25, -0.2) is 10.2 Å². The molecule has 196 valence electrons. The van der Waals surface area contributed by atoms with E-state index in [0.717, 1.165) is 40.6 Å².